The van der Waals surface area contributed by atoms with Gasteiger partial charge in [-0.3, -0.25) is 19.3 Å². The van der Waals surface area contributed by atoms with E-state index in [1.165, 1.54) is 4.90 Å². The van der Waals surface area contributed by atoms with E-state index in [0.717, 1.165) is 17.5 Å². The lowest BCUT2D eigenvalue weighted by Gasteiger charge is -2.37. The standard InChI is InChI=1S/C22H24N2O3/c1-10-4-5-13(8-11(10)2)23-20(25)12(3)24-21(26)18-14-6-7-15(17-9-16(14)17)19(18)22(24)27/h4-8,12,14-19H,9H2,1-3H3,(H,23,25)/t12-,14+,15+,16+,17+,18-,19+/m0/s1. The van der Waals surface area contributed by atoms with Crippen LogP contribution < -0.4 is 5.32 Å². The number of hydrogen-bond acceptors (Lipinski definition) is 3. The third-order valence-electron chi connectivity index (χ3n) is 7.24. The number of likely N-dealkylation sites (tertiary alicyclic amines) is 1. The third kappa shape index (κ3) is 2.27. The average Bonchev–Trinajstić information content (AvgIpc) is 3.42. The van der Waals surface area contributed by atoms with Crippen molar-refractivity contribution < 1.29 is 14.4 Å². The summed E-state index contributed by atoms with van der Waals surface area (Å²) in [6.45, 7) is 5.65. The molecular formula is C22H24N2O3. The SMILES string of the molecule is Cc1ccc(NC(=O)[C@H](C)N2C(=O)[C@@H]3[C@@H]4C=C[C@H]([C@H]5C[C@H]45)[C@@H]3C2=O)cc1C. The van der Waals surface area contributed by atoms with E-state index in [4.69, 9.17) is 0 Å². The molecule has 0 radical (unpaired) electrons. The van der Waals surface area contributed by atoms with E-state index in [0.29, 0.717) is 17.5 Å². The Morgan fingerprint density at radius 3 is 2.19 bits per heavy atom. The Hall–Kier alpha value is -2.43. The van der Waals surface area contributed by atoms with Gasteiger partial charge in [0.05, 0.1) is 11.8 Å². The van der Waals surface area contributed by atoms with Crippen LogP contribution >= 0.6 is 0 Å². The zero-order valence-electron chi connectivity index (χ0n) is 15.8. The minimum Gasteiger partial charge on any atom is -0.324 e. The summed E-state index contributed by atoms with van der Waals surface area (Å²) in [5.41, 5.74) is 2.92. The largest absolute Gasteiger partial charge is 0.324 e. The molecule has 1 aromatic carbocycles. The lowest BCUT2D eigenvalue weighted by atomic mass is 9.63. The number of nitrogens with one attached hydrogen (secondary N) is 1. The maximum absolute atomic E-state index is 13.1. The zero-order valence-corrected chi connectivity index (χ0v) is 15.8. The molecule has 1 aliphatic heterocycles. The lowest BCUT2D eigenvalue weighted by molar-refractivity contribution is -0.146. The van der Waals surface area contributed by atoms with Gasteiger partial charge in [-0.25, -0.2) is 0 Å². The van der Waals surface area contributed by atoms with Gasteiger partial charge >= 0.3 is 0 Å². The van der Waals surface area contributed by atoms with Gasteiger partial charge < -0.3 is 5.32 Å². The molecule has 5 aliphatic rings. The molecule has 2 saturated carbocycles. The van der Waals surface area contributed by atoms with Crippen LogP contribution in [-0.4, -0.2) is 28.7 Å². The number of aryl methyl sites for hydroxylation is 2. The van der Waals surface area contributed by atoms with Gasteiger partial charge in [0.15, 0.2) is 0 Å². The van der Waals surface area contributed by atoms with Crippen molar-refractivity contribution in [2.45, 2.75) is 33.2 Å². The van der Waals surface area contributed by atoms with Crippen molar-refractivity contribution in [3.05, 3.63) is 41.5 Å². The van der Waals surface area contributed by atoms with Gasteiger partial charge in [0.2, 0.25) is 17.7 Å². The van der Waals surface area contributed by atoms with Gasteiger partial charge in [-0.05, 0) is 74.1 Å². The van der Waals surface area contributed by atoms with Crippen molar-refractivity contribution in [2.24, 2.45) is 35.5 Å². The van der Waals surface area contributed by atoms with E-state index in [1.807, 2.05) is 32.0 Å². The van der Waals surface area contributed by atoms with E-state index in [9.17, 15) is 14.4 Å². The number of nitrogens with zero attached hydrogens (tertiary/aromatic N) is 1. The van der Waals surface area contributed by atoms with Crippen molar-refractivity contribution in [3.63, 3.8) is 0 Å². The smallest absolute Gasteiger partial charge is 0.247 e. The van der Waals surface area contributed by atoms with Gasteiger partial charge in [-0.15, -0.1) is 0 Å². The summed E-state index contributed by atoms with van der Waals surface area (Å²) in [5.74, 6) is 0.360. The van der Waals surface area contributed by atoms with Gasteiger partial charge in [-0.1, -0.05) is 18.2 Å². The predicted octanol–water partition coefficient (Wildman–Crippen LogP) is 2.68. The Morgan fingerprint density at radius 1 is 1.04 bits per heavy atom. The zero-order chi connectivity index (χ0) is 19.0. The van der Waals surface area contributed by atoms with Gasteiger partial charge in [0.25, 0.3) is 0 Å². The highest BCUT2D eigenvalue weighted by atomic mass is 16.2. The molecule has 3 fully saturated rings. The summed E-state index contributed by atoms with van der Waals surface area (Å²) in [5, 5.41) is 2.86. The molecule has 0 spiro atoms. The molecule has 1 N–H and O–H groups in total. The minimum atomic E-state index is -0.798. The van der Waals surface area contributed by atoms with Crippen LogP contribution in [0.5, 0.6) is 0 Å². The van der Waals surface area contributed by atoms with Crippen LogP contribution in [0.25, 0.3) is 0 Å². The second-order valence-corrected chi connectivity index (χ2v) is 8.67. The monoisotopic (exact) mass is 364 g/mol. The summed E-state index contributed by atoms with van der Waals surface area (Å²) >= 11 is 0. The van der Waals surface area contributed by atoms with Crippen LogP contribution in [-0.2, 0) is 14.4 Å². The normalized spacial score (nSPS) is 36.5. The van der Waals surface area contributed by atoms with Gasteiger partial charge in [0, 0.05) is 5.69 Å². The molecule has 2 bridgehead atoms. The number of carbonyl (C=O) groups is 3. The summed E-state index contributed by atoms with van der Waals surface area (Å²) in [4.78, 5) is 40.2. The Morgan fingerprint density at radius 2 is 1.63 bits per heavy atom. The van der Waals surface area contributed by atoms with Crippen molar-refractivity contribution in [2.75, 3.05) is 5.32 Å². The molecule has 1 saturated heterocycles. The topological polar surface area (TPSA) is 66.5 Å². The second kappa shape index (κ2) is 5.54. The van der Waals surface area contributed by atoms with Crippen molar-refractivity contribution in [3.8, 4) is 0 Å². The van der Waals surface area contributed by atoms with Crippen LogP contribution in [0, 0.1) is 49.4 Å². The van der Waals surface area contributed by atoms with E-state index >= 15 is 0 Å². The van der Waals surface area contributed by atoms with Crippen molar-refractivity contribution in [1.82, 2.24) is 4.90 Å². The molecule has 0 aromatic heterocycles. The number of rotatable bonds is 3. The van der Waals surface area contributed by atoms with Crippen LogP contribution in [0.3, 0.4) is 0 Å². The molecule has 0 unspecified atom stereocenters. The van der Waals surface area contributed by atoms with E-state index < -0.39 is 6.04 Å². The maximum atomic E-state index is 13.1. The highest BCUT2D eigenvalue weighted by molar-refractivity contribution is 6.10. The summed E-state index contributed by atoms with van der Waals surface area (Å²) in [7, 11) is 0. The number of imide groups is 1. The first-order chi connectivity index (χ1) is 12.9. The number of carbonyl (C=O) groups excluding carboxylic acids is 3. The second-order valence-electron chi connectivity index (χ2n) is 8.67. The number of hydrogen-bond donors (Lipinski definition) is 1. The van der Waals surface area contributed by atoms with Gasteiger partial charge in [0.1, 0.15) is 6.04 Å². The molecule has 1 heterocycles. The maximum Gasteiger partial charge on any atom is 0.247 e. The first-order valence-electron chi connectivity index (χ1n) is 9.82. The quantitative estimate of drug-likeness (QED) is 0.662. The molecule has 1 aromatic rings. The Labute approximate surface area is 158 Å². The highest BCUT2D eigenvalue weighted by Gasteiger charge is 2.67. The summed E-state index contributed by atoms with van der Waals surface area (Å²) in [6, 6.07) is 4.91. The fourth-order valence-electron chi connectivity index (χ4n) is 5.54. The molecule has 27 heavy (non-hydrogen) atoms. The predicted molar refractivity (Wildman–Crippen MR) is 101 cm³/mol. The highest BCUT2D eigenvalue weighted by Crippen LogP contribution is 2.65. The Kier molecular flexibility index (Phi) is 3.43. The number of benzene rings is 1. The van der Waals surface area contributed by atoms with Crippen LogP contribution in [0.15, 0.2) is 30.4 Å². The third-order valence-corrected chi connectivity index (χ3v) is 7.24. The van der Waals surface area contributed by atoms with E-state index in [1.54, 1.807) is 6.92 Å². The number of anilines is 1. The average molecular weight is 364 g/mol. The number of allylic oxidation sites excluding steroid dienone is 2. The summed E-state index contributed by atoms with van der Waals surface area (Å²) in [6.07, 6.45) is 5.43. The summed E-state index contributed by atoms with van der Waals surface area (Å²) < 4.78 is 0. The Balaban J connectivity index is 1.37. The first-order valence-corrected chi connectivity index (χ1v) is 9.82. The Bertz CT molecular complexity index is 869. The molecule has 4 aliphatic carbocycles. The van der Waals surface area contributed by atoms with Crippen LogP contribution in [0.1, 0.15) is 24.5 Å². The molecule has 5 heteroatoms. The molecular weight excluding hydrogens is 340 g/mol. The van der Waals surface area contributed by atoms with Crippen LogP contribution in [0.2, 0.25) is 0 Å². The van der Waals surface area contributed by atoms with Crippen molar-refractivity contribution >= 4 is 23.4 Å². The number of amides is 3. The fourth-order valence-corrected chi connectivity index (χ4v) is 5.54. The molecule has 6 rings (SSSR count). The minimum absolute atomic E-state index is 0.155. The first kappa shape index (κ1) is 16.7. The van der Waals surface area contributed by atoms with E-state index in [-0.39, 0.29) is 41.4 Å². The molecule has 7 atom stereocenters. The van der Waals surface area contributed by atoms with Crippen molar-refractivity contribution in [1.29, 1.82) is 0 Å². The van der Waals surface area contributed by atoms with Crippen LogP contribution in [0.4, 0.5) is 5.69 Å². The molecule has 5 nitrogen and oxygen atoms in total. The molecule has 3 amide bonds. The van der Waals surface area contributed by atoms with Gasteiger partial charge in [-0.2, -0.15) is 0 Å². The fraction of sp³-hybridized carbons (Fsp3) is 0.500. The molecule has 140 valence electrons. The van der Waals surface area contributed by atoms with E-state index in [2.05, 4.69) is 17.5 Å². The lowest BCUT2D eigenvalue weighted by Crippen LogP contribution is -2.46.